The number of imide groups is 4. The Bertz CT molecular complexity index is 7020. The van der Waals surface area contributed by atoms with Crippen molar-refractivity contribution in [2.75, 3.05) is 16.9 Å². The van der Waals surface area contributed by atoms with E-state index in [1.165, 1.54) is 65.5 Å². The summed E-state index contributed by atoms with van der Waals surface area (Å²) in [6, 6.07) is 36.6. The maximum absolute atomic E-state index is 14.5. The molecule has 15 nitrogen and oxygen atoms in total. The summed E-state index contributed by atoms with van der Waals surface area (Å²) in [5, 5.41) is 0. The van der Waals surface area contributed by atoms with Crippen LogP contribution in [0.25, 0.3) is 0 Å². The molecule has 8 amide bonds. The third kappa shape index (κ3) is 18.3. The van der Waals surface area contributed by atoms with Crippen LogP contribution in [0.3, 0.4) is 0 Å². The number of carbonyl (C=O) groups excluding carboxylic acids is 8. The number of ether oxygens (including phenoxy) is 3. The summed E-state index contributed by atoms with van der Waals surface area (Å²) < 4.78 is 17.9. The first-order valence-electron chi connectivity index (χ1n) is 35.6. The highest BCUT2D eigenvalue weighted by Gasteiger charge is 2.47. The van der Waals surface area contributed by atoms with Crippen molar-refractivity contribution in [2.24, 2.45) is 0 Å². The molecule has 0 aromatic heterocycles. The van der Waals surface area contributed by atoms with Gasteiger partial charge >= 0.3 is 0 Å². The highest BCUT2D eigenvalue weighted by molar-refractivity contribution is 6.35. The summed E-state index contributed by atoms with van der Waals surface area (Å²) in [4.78, 5) is 115. The molecule has 0 bridgehead atoms. The molecule has 4 heterocycles. The number of aryl methyl sites for hydroxylation is 4. The van der Waals surface area contributed by atoms with Crippen LogP contribution >= 0.6 is 0 Å². The quantitative estimate of drug-likeness (QED) is 0.0626. The number of methoxy groups -OCH3 is 1. The second kappa shape index (κ2) is 37.5. The Labute approximate surface area is 666 Å². The number of anilines is 2. The van der Waals surface area contributed by atoms with E-state index in [9.17, 15) is 38.4 Å². The Morgan fingerprint density at radius 2 is 0.603 bits per heavy atom. The van der Waals surface area contributed by atoms with Gasteiger partial charge in [-0.25, -0.2) is 19.6 Å². The molecule has 116 heavy (non-hydrogen) atoms. The number of fused-ring (bicyclic) bond motifs is 3. The van der Waals surface area contributed by atoms with Crippen LogP contribution in [0.2, 0.25) is 0 Å². The van der Waals surface area contributed by atoms with Crippen LogP contribution in [-0.2, 0) is 47.1 Å². The maximum atomic E-state index is 14.5. The van der Waals surface area contributed by atoms with E-state index < -0.39 is 46.7 Å². The molecule has 0 fully saturated rings. The molecule has 4 aliphatic rings. The lowest BCUT2D eigenvalue weighted by molar-refractivity contribution is -0.120. The summed E-state index contributed by atoms with van der Waals surface area (Å²) in [5.74, 6) is -3.83. The number of hydrogen-bond acceptors (Lipinski definition) is 11. The molecule has 0 aliphatic carbocycles. The minimum absolute atomic E-state index is 0.0116. The molecule has 0 spiro atoms. The second-order valence-corrected chi connectivity index (χ2v) is 25.1. The van der Waals surface area contributed by atoms with Crippen LogP contribution in [0, 0.1) is 0 Å². The van der Waals surface area contributed by atoms with E-state index in [0.717, 1.165) is 44.5 Å². The molecule has 11 rings (SSSR count). The zero-order chi connectivity index (χ0) is 82.1. The molecular formula is C101H56N4O11. The average molecular weight is 1500 g/mol. The van der Waals surface area contributed by atoms with Gasteiger partial charge in [0.1, 0.15) is 28.7 Å². The van der Waals surface area contributed by atoms with Crippen molar-refractivity contribution in [2.45, 2.75) is 79.1 Å². The molecule has 0 N–H and O–H groups in total. The minimum Gasteiger partial charge on any atom is -0.497 e. The number of nitrogens with zero attached hydrogens (tertiary/aromatic N) is 4. The fraction of sp³-hybridized carbons (Fsp3) is 0.129. The highest BCUT2D eigenvalue weighted by Crippen LogP contribution is 2.42. The number of benzene rings is 7. The van der Waals surface area contributed by atoms with Crippen molar-refractivity contribution >= 4 is 58.6 Å². The molecule has 0 saturated carbocycles. The third-order valence-corrected chi connectivity index (χ3v) is 17.9. The van der Waals surface area contributed by atoms with Gasteiger partial charge in [-0.2, -0.15) is 0 Å². The first kappa shape index (κ1) is 79.5. The first-order chi connectivity index (χ1) is 56.4. The molecule has 15 heteroatoms. The van der Waals surface area contributed by atoms with Crippen molar-refractivity contribution in [3.05, 3.63) is 425 Å². The van der Waals surface area contributed by atoms with Crippen LogP contribution in [-0.4, -0.2) is 64.2 Å². The Hall–Kier alpha value is -17.5. The fourth-order valence-corrected chi connectivity index (χ4v) is 12.5. The molecule has 546 valence electrons. The van der Waals surface area contributed by atoms with E-state index in [0.29, 0.717) is 70.5 Å². The topological polar surface area (TPSA) is 177 Å². The fourth-order valence-electron chi connectivity index (χ4n) is 12.5. The lowest BCUT2D eigenvalue weighted by Gasteiger charge is -2.26. The van der Waals surface area contributed by atoms with Crippen LogP contribution in [0.4, 0.5) is 11.4 Å². The van der Waals surface area contributed by atoms with Gasteiger partial charge in [0.05, 0.1) is 51.9 Å². The molecule has 7 aromatic rings. The Morgan fingerprint density at radius 1 is 0.328 bits per heavy atom. The van der Waals surface area contributed by atoms with Crippen molar-refractivity contribution in [1.82, 2.24) is 9.80 Å². The molecule has 0 unspecified atom stereocenters. The highest BCUT2D eigenvalue weighted by atomic mass is 16.5. The van der Waals surface area contributed by atoms with E-state index in [1.54, 1.807) is 30.3 Å². The van der Waals surface area contributed by atoms with Gasteiger partial charge in [0.2, 0.25) is 0 Å². The van der Waals surface area contributed by atoms with Gasteiger partial charge in [-0.05, 0) is 259 Å². The first-order valence-corrected chi connectivity index (χ1v) is 35.6. The lowest BCUT2D eigenvalue weighted by atomic mass is 9.78. The van der Waals surface area contributed by atoms with Gasteiger partial charge < -0.3 is 14.2 Å². The molecular weight excluding hydrogens is 1450 g/mol. The number of rotatable bonds is 17. The van der Waals surface area contributed by atoms with Crippen LogP contribution < -0.4 is 24.0 Å². The summed E-state index contributed by atoms with van der Waals surface area (Å²) in [7, 11) is 1.40. The van der Waals surface area contributed by atoms with E-state index >= 15 is 0 Å². The normalized spacial score (nSPS) is 11.5. The summed E-state index contributed by atoms with van der Waals surface area (Å²) in [6.07, 6.45) is 5.50. The molecule has 7 aromatic carbocycles. The number of carbonyl (C=O) groups is 8. The zero-order valence-corrected chi connectivity index (χ0v) is 63.3. The Kier molecular flexibility index (Phi) is 25.7. The van der Waals surface area contributed by atoms with E-state index in [1.807, 2.05) is 64.1 Å². The maximum Gasteiger partial charge on any atom is 0.267 e. The molecule has 0 radical (unpaired) electrons. The van der Waals surface area contributed by atoms with Gasteiger partial charge in [-0.3, -0.25) is 38.4 Å². The van der Waals surface area contributed by atoms with Gasteiger partial charge in [0, 0.05) is 109 Å². The molecule has 0 saturated heterocycles. The summed E-state index contributed by atoms with van der Waals surface area (Å²) in [6.45, 7) is 15.5. The minimum atomic E-state index is -0.891. The number of hydrogen-bond donors (Lipinski definition) is 0. The second-order valence-electron chi connectivity index (χ2n) is 25.1. The van der Waals surface area contributed by atoms with Gasteiger partial charge in [-0.1, -0.05) is 95.8 Å². The Balaban J connectivity index is 0.765. The largest absolute Gasteiger partial charge is 0.497 e. The summed E-state index contributed by atoms with van der Waals surface area (Å²) in [5.41, 5.74) is 93.2. The Morgan fingerprint density at radius 3 is 0.940 bits per heavy atom. The van der Waals surface area contributed by atoms with Gasteiger partial charge in [0.15, 0.2) is 5.82 Å². The van der Waals surface area contributed by atoms with Crippen molar-refractivity contribution < 1.29 is 52.6 Å². The predicted molar refractivity (Wildman–Crippen MR) is 427 cm³/mol. The number of amides is 8. The van der Waals surface area contributed by atoms with Crippen molar-refractivity contribution in [1.29, 1.82) is 0 Å². The monoisotopic (exact) mass is 1500 g/mol. The van der Waals surface area contributed by atoms with E-state index in [-0.39, 0.29) is 56.7 Å². The summed E-state index contributed by atoms with van der Waals surface area (Å²) >= 11 is 0. The van der Waals surface area contributed by atoms with Crippen LogP contribution in [0.15, 0.2) is 347 Å². The standard InChI is InChI=1S/C101H56N4O11/c1-9-14-15-16-17-18-19-20-21-22-23-24-25-26-27-28-29-30-31-32-33-34-35-36-37-38-39-40-41-42-43-44-45-46-90(102-95(108)84-58-55-81(114-8)68-87(84)98(102)111)103-96(109)85-59-56-82(69-88(85)99(103)112)115-79-51-47-77(48-52-79)101(6,7)78-49-53-80(54-50-78)116-83-57-60-86-89(70-83)100(113)105(97(86)110)94-75(12-4)66-72(67-76(94)13-5)63-71-64-73(10-2)93(74(11-3)65-71)104-91(106)61-62-92(104)107/h47-62,64-70H,1,10-13,63H2,2-8H3. The third-order valence-electron chi connectivity index (χ3n) is 17.9. The van der Waals surface area contributed by atoms with Crippen LogP contribution in [0.5, 0.6) is 28.7 Å². The van der Waals surface area contributed by atoms with Gasteiger partial charge in [0.25, 0.3) is 47.3 Å². The van der Waals surface area contributed by atoms with E-state index in [2.05, 4.69) is 240 Å². The van der Waals surface area contributed by atoms with E-state index in [4.69, 9.17) is 14.2 Å². The smallest absolute Gasteiger partial charge is 0.267 e. The van der Waals surface area contributed by atoms with Gasteiger partial charge in [-0.15, -0.1) is 0 Å². The lowest BCUT2D eigenvalue weighted by Crippen LogP contribution is -2.41. The average Bonchev–Trinajstić information content (AvgIpc) is 1.59. The van der Waals surface area contributed by atoms with Crippen molar-refractivity contribution in [3.63, 3.8) is 0 Å². The predicted octanol–water partition coefficient (Wildman–Crippen LogP) is 17.3. The SMILES string of the molecule is C=C=C=C=C=C=C=C=C=C=C=C=C=C=C=C=C=C=C=C=C=C=C=C=C=C=C=C=C=C=C=C=C=C=C=C(N1C(=O)c2ccc(OC)cc2C1=O)N1C(=O)c2ccc(Oc3ccc(C(C)(C)c4ccc(Oc5ccc6c(c5)C(=O)N(c5c(CC)cc(Cc7cc(CC)c(N8C(=O)C=CC8=O)c(CC)c7)cc5CC)C6=O)cc4)cc3)cc2C1=O. The molecule has 0 atom stereocenters. The van der Waals surface area contributed by atoms with Crippen molar-refractivity contribution in [3.8, 4) is 28.7 Å². The molecule has 4 aliphatic heterocycles. The zero-order valence-electron chi connectivity index (χ0n) is 63.3. The van der Waals surface area contributed by atoms with Crippen LogP contribution in [0.1, 0.15) is 148 Å².